The second-order valence-electron chi connectivity index (χ2n) is 5.41. The average Bonchev–Trinajstić information content (AvgIpc) is 3.19. The highest BCUT2D eigenvalue weighted by Crippen LogP contribution is 2.26. The fourth-order valence-corrected chi connectivity index (χ4v) is 3.43. The third-order valence-corrected chi connectivity index (χ3v) is 4.81. The minimum absolute atomic E-state index is 0.0298. The molecule has 2 aromatic rings. The predicted octanol–water partition coefficient (Wildman–Crippen LogP) is 2.78. The number of rotatable bonds is 4. The van der Waals surface area contributed by atoms with E-state index in [4.69, 9.17) is 9.52 Å². The maximum Gasteiger partial charge on any atom is 0.306 e. The minimum atomic E-state index is -0.742. The molecular weight excluding hydrogens is 304 g/mol. The number of carboxylic acids is 1. The Kier molecular flexibility index (Phi) is 4.24. The number of furan rings is 1. The standard InChI is InChI=1S/C15H16N2O4S/c18-13(16-11-3-1-9(2-4-11)15(19)20)12-8-22-14(17-12)10-5-6-21-7-10/h5-9,11H,1-4H2,(H,16,18)(H,19,20). The van der Waals surface area contributed by atoms with Gasteiger partial charge in [-0.1, -0.05) is 0 Å². The summed E-state index contributed by atoms with van der Waals surface area (Å²) in [4.78, 5) is 27.4. The van der Waals surface area contributed by atoms with Gasteiger partial charge in [-0.25, -0.2) is 4.98 Å². The number of amides is 1. The van der Waals surface area contributed by atoms with Gasteiger partial charge >= 0.3 is 5.97 Å². The molecule has 1 fully saturated rings. The van der Waals surface area contributed by atoms with E-state index in [9.17, 15) is 9.59 Å². The second kappa shape index (κ2) is 6.31. The van der Waals surface area contributed by atoms with Crippen molar-refractivity contribution < 1.29 is 19.1 Å². The van der Waals surface area contributed by atoms with E-state index in [0.717, 1.165) is 10.6 Å². The number of aromatic nitrogens is 1. The maximum absolute atomic E-state index is 12.2. The minimum Gasteiger partial charge on any atom is -0.481 e. The summed E-state index contributed by atoms with van der Waals surface area (Å²) in [5.41, 5.74) is 1.24. The number of nitrogens with one attached hydrogen (secondary N) is 1. The van der Waals surface area contributed by atoms with E-state index in [-0.39, 0.29) is 17.9 Å². The van der Waals surface area contributed by atoms with Crippen LogP contribution in [-0.2, 0) is 4.79 Å². The van der Waals surface area contributed by atoms with Crippen LogP contribution in [0.2, 0.25) is 0 Å². The Hall–Kier alpha value is -2.15. The Bertz CT molecular complexity index is 657. The Morgan fingerprint density at radius 3 is 2.73 bits per heavy atom. The highest BCUT2D eigenvalue weighted by molar-refractivity contribution is 7.13. The van der Waals surface area contributed by atoms with Crippen molar-refractivity contribution in [3.8, 4) is 10.6 Å². The molecule has 2 N–H and O–H groups in total. The van der Waals surface area contributed by atoms with Crippen LogP contribution in [0.5, 0.6) is 0 Å². The van der Waals surface area contributed by atoms with Gasteiger partial charge in [0, 0.05) is 17.0 Å². The third-order valence-electron chi connectivity index (χ3n) is 3.92. The van der Waals surface area contributed by atoms with Crippen LogP contribution < -0.4 is 5.32 Å². The van der Waals surface area contributed by atoms with Gasteiger partial charge in [0.2, 0.25) is 0 Å². The molecule has 2 heterocycles. The molecular formula is C15H16N2O4S. The van der Waals surface area contributed by atoms with Gasteiger partial charge in [0.15, 0.2) is 0 Å². The summed E-state index contributed by atoms with van der Waals surface area (Å²) in [6.07, 6.45) is 5.77. The molecule has 6 nitrogen and oxygen atoms in total. The molecule has 0 aliphatic heterocycles. The topological polar surface area (TPSA) is 92.4 Å². The molecule has 0 atom stereocenters. The Morgan fingerprint density at radius 1 is 1.32 bits per heavy atom. The first kappa shape index (κ1) is 14.8. The summed E-state index contributed by atoms with van der Waals surface area (Å²) in [6, 6.07) is 1.83. The Morgan fingerprint density at radius 2 is 2.09 bits per heavy atom. The summed E-state index contributed by atoms with van der Waals surface area (Å²) < 4.78 is 5.01. The predicted molar refractivity (Wildman–Crippen MR) is 80.7 cm³/mol. The van der Waals surface area contributed by atoms with Gasteiger partial charge in [-0.3, -0.25) is 9.59 Å². The lowest BCUT2D eigenvalue weighted by molar-refractivity contribution is -0.142. The molecule has 0 bridgehead atoms. The van der Waals surface area contributed by atoms with E-state index < -0.39 is 5.97 Å². The lowest BCUT2D eigenvalue weighted by Crippen LogP contribution is -2.38. The lowest BCUT2D eigenvalue weighted by Gasteiger charge is -2.26. The first-order valence-electron chi connectivity index (χ1n) is 7.15. The Labute approximate surface area is 131 Å². The molecule has 1 aliphatic carbocycles. The van der Waals surface area contributed by atoms with E-state index in [2.05, 4.69) is 10.3 Å². The van der Waals surface area contributed by atoms with Gasteiger partial charge in [-0.2, -0.15) is 0 Å². The molecule has 1 saturated carbocycles. The van der Waals surface area contributed by atoms with Gasteiger partial charge in [0.05, 0.1) is 12.2 Å². The van der Waals surface area contributed by atoms with Crippen LogP contribution in [-0.4, -0.2) is 28.0 Å². The largest absolute Gasteiger partial charge is 0.481 e. The van der Waals surface area contributed by atoms with Gasteiger partial charge in [-0.15, -0.1) is 11.3 Å². The highest BCUT2D eigenvalue weighted by atomic mass is 32.1. The number of carbonyl (C=O) groups is 2. The molecule has 0 radical (unpaired) electrons. The average molecular weight is 320 g/mol. The number of nitrogens with zero attached hydrogens (tertiary/aromatic N) is 1. The molecule has 7 heteroatoms. The molecule has 1 amide bonds. The number of carbonyl (C=O) groups excluding carboxylic acids is 1. The maximum atomic E-state index is 12.2. The monoisotopic (exact) mass is 320 g/mol. The van der Waals surface area contributed by atoms with Crippen LogP contribution in [0.4, 0.5) is 0 Å². The molecule has 3 rings (SSSR count). The molecule has 2 aromatic heterocycles. The number of carboxylic acid groups (broad SMARTS) is 1. The van der Waals surface area contributed by atoms with Crippen molar-refractivity contribution in [2.24, 2.45) is 5.92 Å². The van der Waals surface area contributed by atoms with Crippen LogP contribution in [0, 0.1) is 5.92 Å². The molecule has 116 valence electrons. The SMILES string of the molecule is O=C(NC1CCC(C(=O)O)CC1)c1csc(-c2ccoc2)n1. The first-order chi connectivity index (χ1) is 10.6. The quantitative estimate of drug-likeness (QED) is 0.903. The van der Waals surface area contributed by atoms with Crippen molar-refractivity contribution in [1.29, 1.82) is 0 Å². The van der Waals surface area contributed by atoms with Crippen LogP contribution in [0.1, 0.15) is 36.2 Å². The van der Waals surface area contributed by atoms with E-state index in [1.807, 2.05) is 0 Å². The highest BCUT2D eigenvalue weighted by Gasteiger charge is 2.27. The first-order valence-corrected chi connectivity index (χ1v) is 8.03. The van der Waals surface area contributed by atoms with Gasteiger partial charge in [-0.05, 0) is 31.7 Å². The summed E-state index contributed by atoms with van der Waals surface area (Å²) >= 11 is 1.39. The summed E-state index contributed by atoms with van der Waals surface area (Å²) in [5.74, 6) is -1.22. The summed E-state index contributed by atoms with van der Waals surface area (Å²) in [7, 11) is 0. The van der Waals surface area contributed by atoms with Crippen molar-refractivity contribution in [2.75, 3.05) is 0 Å². The molecule has 0 aromatic carbocycles. The van der Waals surface area contributed by atoms with E-state index >= 15 is 0 Å². The summed E-state index contributed by atoms with van der Waals surface area (Å²) in [6.45, 7) is 0. The number of aliphatic carboxylic acids is 1. The van der Waals surface area contributed by atoms with Gasteiger partial charge in [0.25, 0.3) is 5.91 Å². The van der Waals surface area contributed by atoms with E-state index in [1.54, 1.807) is 24.0 Å². The Balaban J connectivity index is 1.58. The molecule has 22 heavy (non-hydrogen) atoms. The van der Waals surface area contributed by atoms with E-state index in [1.165, 1.54) is 11.3 Å². The van der Waals surface area contributed by atoms with Crippen LogP contribution in [0.15, 0.2) is 28.4 Å². The van der Waals surface area contributed by atoms with E-state index in [0.29, 0.717) is 31.4 Å². The molecule has 0 spiro atoms. The van der Waals surface area contributed by atoms with Crippen LogP contribution in [0.25, 0.3) is 10.6 Å². The zero-order chi connectivity index (χ0) is 15.5. The zero-order valence-corrected chi connectivity index (χ0v) is 12.6. The number of hydrogen-bond acceptors (Lipinski definition) is 5. The third kappa shape index (κ3) is 3.19. The lowest BCUT2D eigenvalue weighted by atomic mass is 9.86. The van der Waals surface area contributed by atoms with Crippen molar-refractivity contribution in [3.05, 3.63) is 29.7 Å². The van der Waals surface area contributed by atoms with Gasteiger partial charge in [0.1, 0.15) is 17.0 Å². The smallest absolute Gasteiger partial charge is 0.306 e. The van der Waals surface area contributed by atoms with Crippen molar-refractivity contribution in [3.63, 3.8) is 0 Å². The fraction of sp³-hybridized carbons (Fsp3) is 0.400. The molecule has 0 saturated heterocycles. The molecule has 0 unspecified atom stereocenters. The zero-order valence-electron chi connectivity index (χ0n) is 11.8. The molecule has 1 aliphatic rings. The van der Waals surface area contributed by atoms with Crippen LogP contribution >= 0.6 is 11.3 Å². The van der Waals surface area contributed by atoms with Crippen molar-refractivity contribution >= 4 is 23.2 Å². The summed E-state index contributed by atoms with van der Waals surface area (Å²) in [5, 5.41) is 14.4. The second-order valence-corrected chi connectivity index (χ2v) is 6.27. The van der Waals surface area contributed by atoms with Crippen molar-refractivity contribution in [2.45, 2.75) is 31.7 Å². The van der Waals surface area contributed by atoms with Gasteiger partial charge < -0.3 is 14.8 Å². The number of thiazole rings is 1. The fourth-order valence-electron chi connectivity index (χ4n) is 2.64. The van der Waals surface area contributed by atoms with Crippen LogP contribution in [0.3, 0.4) is 0 Å². The number of hydrogen-bond donors (Lipinski definition) is 2. The van der Waals surface area contributed by atoms with Crippen molar-refractivity contribution in [1.82, 2.24) is 10.3 Å². The normalized spacial score (nSPS) is 21.5.